The van der Waals surface area contributed by atoms with Gasteiger partial charge < -0.3 is 10.2 Å². The molecule has 0 atom stereocenters. The van der Waals surface area contributed by atoms with Crippen molar-refractivity contribution in [1.82, 2.24) is 14.9 Å². The van der Waals surface area contributed by atoms with E-state index in [9.17, 15) is 4.79 Å². The Morgan fingerprint density at radius 3 is 2.76 bits per heavy atom. The van der Waals surface area contributed by atoms with Gasteiger partial charge >= 0.3 is 0 Å². The summed E-state index contributed by atoms with van der Waals surface area (Å²) in [6.07, 6.45) is 7.75. The normalized spacial score (nSPS) is 15.9. The summed E-state index contributed by atoms with van der Waals surface area (Å²) in [5, 5.41) is 2.89. The molecular formula is C12H18N4O. The number of nitrogens with zero attached hydrogens (tertiary/aromatic N) is 3. The van der Waals surface area contributed by atoms with Gasteiger partial charge in [-0.1, -0.05) is 12.8 Å². The van der Waals surface area contributed by atoms with E-state index in [1.165, 1.54) is 19.0 Å². The number of hydrogen-bond donors (Lipinski definition) is 1. The van der Waals surface area contributed by atoms with E-state index in [0.29, 0.717) is 17.6 Å². The third-order valence-electron chi connectivity index (χ3n) is 3.30. The first-order chi connectivity index (χ1) is 8.22. The van der Waals surface area contributed by atoms with Crippen molar-refractivity contribution < 1.29 is 4.79 Å². The SMILES string of the molecule is CNc1cncc(C(=O)N(C)C2CCCC2)n1. The minimum Gasteiger partial charge on any atom is -0.372 e. The highest BCUT2D eigenvalue weighted by atomic mass is 16.2. The van der Waals surface area contributed by atoms with Gasteiger partial charge in [-0.15, -0.1) is 0 Å². The number of carbonyl (C=O) groups excluding carboxylic acids is 1. The van der Waals surface area contributed by atoms with E-state index in [-0.39, 0.29) is 5.91 Å². The molecule has 1 saturated carbocycles. The first kappa shape index (κ1) is 11.8. The lowest BCUT2D eigenvalue weighted by atomic mass is 10.2. The molecule has 1 aliphatic carbocycles. The largest absolute Gasteiger partial charge is 0.372 e. The number of rotatable bonds is 3. The number of carbonyl (C=O) groups is 1. The summed E-state index contributed by atoms with van der Waals surface area (Å²) in [7, 11) is 3.62. The molecule has 1 amide bonds. The third kappa shape index (κ3) is 2.54. The topological polar surface area (TPSA) is 58.1 Å². The van der Waals surface area contributed by atoms with Crippen LogP contribution in [0, 0.1) is 0 Å². The summed E-state index contributed by atoms with van der Waals surface area (Å²) in [5.74, 6) is 0.581. The molecule has 17 heavy (non-hydrogen) atoms. The van der Waals surface area contributed by atoms with Crippen LogP contribution in [-0.2, 0) is 0 Å². The summed E-state index contributed by atoms with van der Waals surface area (Å²) in [6.45, 7) is 0. The number of anilines is 1. The smallest absolute Gasteiger partial charge is 0.274 e. The molecular weight excluding hydrogens is 216 g/mol. The second-order valence-corrected chi connectivity index (χ2v) is 4.39. The van der Waals surface area contributed by atoms with Crippen molar-refractivity contribution in [3.63, 3.8) is 0 Å². The molecule has 5 nitrogen and oxygen atoms in total. The molecule has 1 fully saturated rings. The molecule has 0 bridgehead atoms. The van der Waals surface area contributed by atoms with Crippen molar-refractivity contribution in [2.75, 3.05) is 19.4 Å². The predicted molar refractivity (Wildman–Crippen MR) is 65.9 cm³/mol. The van der Waals surface area contributed by atoms with Crippen LogP contribution in [0.5, 0.6) is 0 Å². The minimum absolute atomic E-state index is 0.0403. The number of nitrogens with one attached hydrogen (secondary N) is 1. The van der Waals surface area contributed by atoms with Crippen LogP contribution < -0.4 is 5.32 Å². The molecule has 0 spiro atoms. The highest BCUT2D eigenvalue weighted by molar-refractivity contribution is 5.92. The van der Waals surface area contributed by atoms with Crippen LogP contribution >= 0.6 is 0 Å². The van der Waals surface area contributed by atoms with Crippen molar-refractivity contribution in [2.24, 2.45) is 0 Å². The van der Waals surface area contributed by atoms with Crippen molar-refractivity contribution in [1.29, 1.82) is 0 Å². The van der Waals surface area contributed by atoms with E-state index >= 15 is 0 Å². The van der Waals surface area contributed by atoms with E-state index < -0.39 is 0 Å². The average Bonchev–Trinajstić information content (AvgIpc) is 2.91. The van der Waals surface area contributed by atoms with Crippen LogP contribution in [0.4, 0.5) is 5.82 Å². The first-order valence-electron chi connectivity index (χ1n) is 5.99. The Balaban J connectivity index is 2.12. The quantitative estimate of drug-likeness (QED) is 0.861. The van der Waals surface area contributed by atoms with E-state index in [2.05, 4.69) is 15.3 Å². The van der Waals surface area contributed by atoms with Gasteiger partial charge in [0, 0.05) is 20.1 Å². The van der Waals surface area contributed by atoms with Crippen molar-refractivity contribution in [3.05, 3.63) is 18.1 Å². The van der Waals surface area contributed by atoms with Crippen molar-refractivity contribution in [3.8, 4) is 0 Å². The van der Waals surface area contributed by atoms with Gasteiger partial charge in [0.05, 0.1) is 12.4 Å². The molecule has 2 rings (SSSR count). The number of amides is 1. The lowest BCUT2D eigenvalue weighted by Crippen LogP contribution is -2.35. The van der Waals surface area contributed by atoms with Gasteiger partial charge in [-0.05, 0) is 12.8 Å². The Bertz CT molecular complexity index is 401. The maximum atomic E-state index is 12.2. The summed E-state index contributed by atoms with van der Waals surface area (Å²) < 4.78 is 0. The van der Waals surface area contributed by atoms with E-state index in [0.717, 1.165) is 12.8 Å². The van der Waals surface area contributed by atoms with Gasteiger partial charge in [-0.25, -0.2) is 4.98 Å². The predicted octanol–water partition coefficient (Wildman–Crippen LogP) is 1.53. The van der Waals surface area contributed by atoms with E-state index in [1.807, 2.05) is 7.05 Å². The molecule has 1 aromatic rings. The Hall–Kier alpha value is -1.65. The van der Waals surface area contributed by atoms with Crippen LogP contribution in [0.1, 0.15) is 36.2 Å². The first-order valence-corrected chi connectivity index (χ1v) is 5.99. The number of hydrogen-bond acceptors (Lipinski definition) is 4. The van der Waals surface area contributed by atoms with Gasteiger partial charge in [0.15, 0.2) is 0 Å². The van der Waals surface area contributed by atoms with Crippen molar-refractivity contribution in [2.45, 2.75) is 31.7 Å². The van der Waals surface area contributed by atoms with Gasteiger partial charge in [-0.2, -0.15) is 0 Å². The molecule has 0 radical (unpaired) electrons. The second-order valence-electron chi connectivity index (χ2n) is 4.39. The molecule has 0 saturated heterocycles. The van der Waals surface area contributed by atoms with Crippen LogP contribution in [0.25, 0.3) is 0 Å². The fourth-order valence-corrected chi connectivity index (χ4v) is 2.23. The summed E-state index contributed by atoms with van der Waals surface area (Å²) in [6, 6.07) is 0.363. The van der Waals surface area contributed by atoms with Crippen LogP contribution in [-0.4, -0.2) is 40.9 Å². The number of aromatic nitrogens is 2. The monoisotopic (exact) mass is 234 g/mol. The molecule has 1 aliphatic rings. The van der Waals surface area contributed by atoms with Gasteiger partial charge in [-0.3, -0.25) is 9.78 Å². The standard InChI is InChI=1S/C12H18N4O/c1-13-11-8-14-7-10(15-11)12(17)16(2)9-5-3-4-6-9/h7-9H,3-6H2,1-2H3,(H,13,15). The van der Waals surface area contributed by atoms with Crippen LogP contribution in [0.2, 0.25) is 0 Å². The molecule has 92 valence electrons. The van der Waals surface area contributed by atoms with Gasteiger partial charge in [0.1, 0.15) is 11.5 Å². The molecule has 1 heterocycles. The highest BCUT2D eigenvalue weighted by Gasteiger charge is 2.25. The summed E-state index contributed by atoms with van der Waals surface area (Å²) in [5.41, 5.74) is 0.409. The average molecular weight is 234 g/mol. The molecule has 0 unspecified atom stereocenters. The lowest BCUT2D eigenvalue weighted by Gasteiger charge is -2.23. The zero-order valence-corrected chi connectivity index (χ0v) is 10.3. The third-order valence-corrected chi connectivity index (χ3v) is 3.30. The Morgan fingerprint density at radius 1 is 1.41 bits per heavy atom. The minimum atomic E-state index is -0.0403. The maximum Gasteiger partial charge on any atom is 0.274 e. The molecule has 0 aliphatic heterocycles. The van der Waals surface area contributed by atoms with Gasteiger partial charge in [0.25, 0.3) is 5.91 Å². The van der Waals surface area contributed by atoms with E-state index in [4.69, 9.17) is 0 Å². The molecule has 0 aromatic carbocycles. The fourth-order valence-electron chi connectivity index (χ4n) is 2.23. The van der Waals surface area contributed by atoms with Crippen LogP contribution in [0.15, 0.2) is 12.4 Å². The summed E-state index contributed by atoms with van der Waals surface area (Å²) in [4.78, 5) is 22.2. The van der Waals surface area contributed by atoms with E-state index in [1.54, 1.807) is 18.1 Å². The zero-order valence-electron chi connectivity index (χ0n) is 10.3. The Labute approximate surface area is 101 Å². The molecule has 1 aromatic heterocycles. The Morgan fingerprint density at radius 2 is 2.12 bits per heavy atom. The van der Waals surface area contributed by atoms with Crippen LogP contribution in [0.3, 0.4) is 0 Å². The zero-order chi connectivity index (χ0) is 12.3. The maximum absolute atomic E-state index is 12.2. The second kappa shape index (κ2) is 5.12. The molecule has 1 N–H and O–H groups in total. The lowest BCUT2D eigenvalue weighted by molar-refractivity contribution is 0.0729. The van der Waals surface area contributed by atoms with Gasteiger partial charge in [0.2, 0.25) is 0 Å². The highest BCUT2D eigenvalue weighted by Crippen LogP contribution is 2.23. The van der Waals surface area contributed by atoms with Crippen molar-refractivity contribution >= 4 is 11.7 Å². The molecule has 5 heteroatoms. The summed E-state index contributed by atoms with van der Waals surface area (Å²) >= 11 is 0. The Kier molecular flexibility index (Phi) is 3.56. The fraction of sp³-hybridized carbons (Fsp3) is 0.583.